The summed E-state index contributed by atoms with van der Waals surface area (Å²) >= 11 is 0. The first-order chi connectivity index (χ1) is 8.74. The van der Waals surface area contributed by atoms with E-state index in [-0.39, 0.29) is 25.2 Å². The van der Waals surface area contributed by atoms with E-state index in [1.165, 1.54) is 0 Å². The summed E-state index contributed by atoms with van der Waals surface area (Å²) in [5.74, 6) is 0. The maximum absolute atomic E-state index is 8.86. The van der Waals surface area contributed by atoms with Crippen molar-refractivity contribution in [2.45, 2.75) is 25.4 Å². The van der Waals surface area contributed by atoms with Crippen LogP contribution in [-0.4, -0.2) is 29.0 Å². The van der Waals surface area contributed by atoms with Gasteiger partial charge >= 0.3 is 0 Å². The van der Waals surface area contributed by atoms with Gasteiger partial charge in [0.25, 0.3) is 0 Å². The first-order valence-electron chi connectivity index (χ1n) is 5.88. The summed E-state index contributed by atoms with van der Waals surface area (Å²) in [6, 6.07) is 7.68. The third kappa shape index (κ3) is 3.53. The van der Waals surface area contributed by atoms with Crippen LogP contribution in [-0.2, 0) is 0 Å². The van der Waals surface area contributed by atoms with Crippen molar-refractivity contribution >= 4 is 0 Å². The molecular formula is C13H17N5. The van der Waals surface area contributed by atoms with Gasteiger partial charge < -0.3 is 5.73 Å². The molecule has 18 heavy (non-hydrogen) atoms. The number of nitrogens with zero attached hydrogens (tertiary/aromatic N) is 4. The first kappa shape index (κ1) is 14.1. The zero-order valence-electron chi connectivity index (χ0n) is 10.5. The van der Waals surface area contributed by atoms with Gasteiger partial charge in [0.1, 0.15) is 0 Å². The van der Waals surface area contributed by atoms with E-state index < -0.39 is 0 Å². The molecule has 94 valence electrons. The van der Waals surface area contributed by atoms with E-state index in [9.17, 15) is 0 Å². The minimum absolute atomic E-state index is 0.117. The Labute approximate surface area is 107 Å². The van der Waals surface area contributed by atoms with Gasteiger partial charge in [-0.2, -0.15) is 10.5 Å². The SMILES string of the molecule is CCC(N)C(c1ccncc1)N(CC#N)CC#N. The molecule has 0 aliphatic carbocycles. The Morgan fingerprint density at radius 1 is 1.28 bits per heavy atom. The van der Waals surface area contributed by atoms with Crippen molar-refractivity contribution in [2.24, 2.45) is 5.73 Å². The highest BCUT2D eigenvalue weighted by Crippen LogP contribution is 2.24. The Morgan fingerprint density at radius 3 is 2.28 bits per heavy atom. The lowest BCUT2D eigenvalue weighted by molar-refractivity contribution is 0.212. The van der Waals surface area contributed by atoms with Crippen LogP contribution in [0.2, 0.25) is 0 Å². The van der Waals surface area contributed by atoms with Crippen LogP contribution in [0.1, 0.15) is 24.9 Å². The van der Waals surface area contributed by atoms with Gasteiger partial charge in [0.05, 0.1) is 31.3 Å². The third-order valence-corrected chi connectivity index (χ3v) is 2.87. The average molecular weight is 243 g/mol. The van der Waals surface area contributed by atoms with Crippen LogP contribution in [0.4, 0.5) is 0 Å². The lowest BCUT2D eigenvalue weighted by Gasteiger charge is -2.32. The van der Waals surface area contributed by atoms with Gasteiger partial charge in [-0.3, -0.25) is 9.88 Å². The number of aromatic nitrogens is 1. The van der Waals surface area contributed by atoms with Gasteiger partial charge in [-0.25, -0.2) is 0 Å². The number of hydrogen-bond donors (Lipinski definition) is 1. The minimum atomic E-state index is -0.128. The maximum Gasteiger partial charge on any atom is 0.0879 e. The van der Waals surface area contributed by atoms with Gasteiger partial charge in [-0.05, 0) is 24.1 Å². The Balaban J connectivity index is 3.04. The molecule has 0 aliphatic rings. The third-order valence-electron chi connectivity index (χ3n) is 2.87. The zero-order chi connectivity index (χ0) is 13.4. The molecule has 0 saturated carbocycles. The van der Waals surface area contributed by atoms with Crippen LogP contribution in [0.5, 0.6) is 0 Å². The van der Waals surface area contributed by atoms with E-state index in [0.717, 1.165) is 12.0 Å². The van der Waals surface area contributed by atoms with Crippen molar-refractivity contribution in [1.29, 1.82) is 10.5 Å². The molecule has 0 radical (unpaired) electrons. The molecule has 0 amide bonds. The largest absolute Gasteiger partial charge is 0.326 e. The fourth-order valence-electron chi connectivity index (χ4n) is 1.95. The molecule has 2 atom stereocenters. The molecule has 0 saturated heterocycles. The molecule has 1 aromatic rings. The lowest BCUT2D eigenvalue weighted by atomic mass is 9.97. The molecule has 1 aromatic heterocycles. The standard InChI is InChI=1S/C13H17N5/c1-2-12(16)13(11-3-7-17-8-4-11)18(9-5-14)10-6-15/h3-4,7-8,12-13H,2,9-10,16H2,1H3. The average Bonchev–Trinajstić information content (AvgIpc) is 2.40. The Kier molecular flexibility index (Phi) is 5.79. The molecule has 2 N–H and O–H groups in total. The molecule has 0 aliphatic heterocycles. The Hall–Kier alpha value is -1.95. The molecule has 0 bridgehead atoms. The van der Waals surface area contributed by atoms with Crippen LogP contribution in [0, 0.1) is 22.7 Å². The molecule has 5 nitrogen and oxygen atoms in total. The first-order valence-corrected chi connectivity index (χ1v) is 5.88. The molecule has 5 heteroatoms. The quantitative estimate of drug-likeness (QED) is 0.758. The van der Waals surface area contributed by atoms with Crippen LogP contribution < -0.4 is 5.73 Å². The maximum atomic E-state index is 8.86. The van der Waals surface area contributed by atoms with Gasteiger partial charge in [0.15, 0.2) is 0 Å². The highest BCUT2D eigenvalue weighted by molar-refractivity contribution is 5.18. The van der Waals surface area contributed by atoms with E-state index in [1.807, 2.05) is 19.1 Å². The highest BCUT2D eigenvalue weighted by atomic mass is 15.2. The second-order valence-corrected chi connectivity index (χ2v) is 4.02. The van der Waals surface area contributed by atoms with Crippen molar-refractivity contribution < 1.29 is 0 Å². The summed E-state index contributed by atoms with van der Waals surface area (Å²) < 4.78 is 0. The van der Waals surface area contributed by atoms with Crippen molar-refractivity contribution in [3.8, 4) is 12.1 Å². The summed E-state index contributed by atoms with van der Waals surface area (Å²) in [6.07, 6.45) is 4.17. The molecule has 1 heterocycles. The van der Waals surface area contributed by atoms with Crippen molar-refractivity contribution in [3.63, 3.8) is 0 Å². The summed E-state index contributed by atoms with van der Waals surface area (Å²) in [6.45, 7) is 2.37. The highest BCUT2D eigenvalue weighted by Gasteiger charge is 2.25. The van der Waals surface area contributed by atoms with Crippen molar-refractivity contribution in [3.05, 3.63) is 30.1 Å². The minimum Gasteiger partial charge on any atom is -0.326 e. The van der Waals surface area contributed by atoms with E-state index >= 15 is 0 Å². The Bertz CT molecular complexity index is 415. The van der Waals surface area contributed by atoms with Gasteiger partial charge in [0.2, 0.25) is 0 Å². The predicted octanol–water partition coefficient (Wildman–Crippen LogP) is 1.21. The molecule has 0 aromatic carbocycles. The summed E-state index contributed by atoms with van der Waals surface area (Å²) in [5, 5.41) is 17.7. The van der Waals surface area contributed by atoms with Crippen LogP contribution in [0.3, 0.4) is 0 Å². The van der Waals surface area contributed by atoms with Gasteiger partial charge in [-0.1, -0.05) is 6.92 Å². The molecule has 2 unspecified atom stereocenters. The summed E-state index contributed by atoms with van der Waals surface area (Å²) in [4.78, 5) is 5.77. The monoisotopic (exact) mass is 243 g/mol. The number of hydrogen-bond acceptors (Lipinski definition) is 5. The summed E-state index contributed by atoms with van der Waals surface area (Å²) in [7, 11) is 0. The van der Waals surface area contributed by atoms with E-state index in [0.29, 0.717) is 0 Å². The van der Waals surface area contributed by atoms with Crippen LogP contribution in [0.25, 0.3) is 0 Å². The smallest absolute Gasteiger partial charge is 0.0879 e. The second kappa shape index (κ2) is 7.39. The fraction of sp³-hybridized carbons (Fsp3) is 0.462. The molecule has 0 spiro atoms. The number of nitriles is 2. The van der Waals surface area contributed by atoms with Crippen molar-refractivity contribution in [1.82, 2.24) is 9.88 Å². The predicted molar refractivity (Wildman–Crippen MR) is 68.0 cm³/mol. The number of nitrogens with two attached hydrogens (primary N) is 1. The summed E-state index contributed by atoms with van der Waals surface area (Å²) in [5.41, 5.74) is 7.12. The molecular weight excluding hydrogens is 226 g/mol. The van der Waals surface area contributed by atoms with Gasteiger partial charge in [0, 0.05) is 18.4 Å². The number of rotatable bonds is 6. The van der Waals surface area contributed by atoms with Gasteiger partial charge in [-0.15, -0.1) is 0 Å². The van der Waals surface area contributed by atoms with Crippen LogP contribution in [0.15, 0.2) is 24.5 Å². The van der Waals surface area contributed by atoms with Crippen molar-refractivity contribution in [2.75, 3.05) is 13.1 Å². The van der Waals surface area contributed by atoms with E-state index in [1.54, 1.807) is 17.3 Å². The zero-order valence-corrected chi connectivity index (χ0v) is 10.5. The fourth-order valence-corrected chi connectivity index (χ4v) is 1.95. The lowest BCUT2D eigenvalue weighted by Crippen LogP contribution is -2.41. The van der Waals surface area contributed by atoms with E-state index in [4.69, 9.17) is 16.3 Å². The molecule has 0 fully saturated rings. The second-order valence-electron chi connectivity index (χ2n) is 4.02. The molecule has 1 rings (SSSR count). The normalized spacial score (nSPS) is 13.6. The van der Waals surface area contributed by atoms with E-state index in [2.05, 4.69) is 17.1 Å². The Morgan fingerprint density at radius 2 is 1.83 bits per heavy atom. The topological polar surface area (TPSA) is 89.7 Å². The van der Waals surface area contributed by atoms with Crippen LogP contribution >= 0.6 is 0 Å². The number of pyridine rings is 1.